The summed E-state index contributed by atoms with van der Waals surface area (Å²) in [6.45, 7) is 6.73. The molecule has 2 aromatic rings. The van der Waals surface area contributed by atoms with Gasteiger partial charge in [0.15, 0.2) is 0 Å². The first-order valence-electron chi connectivity index (χ1n) is 9.24. The Morgan fingerprint density at radius 2 is 1.71 bits per heavy atom. The van der Waals surface area contributed by atoms with E-state index in [1.165, 1.54) is 48.1 Å². The molecule has 0 unspecified atom stereocenters. The van der Waals surface area contributed by atoms with Crippen molar-refractivity contribution in [3.63, 3.8) is 0 Å². The van der Waals surface area contributed by atoms with Crippen molar-refractivity contribution in [1.82, 2.24) is 4.90 Å². The van der Waals surface area contributed by atoms with Crippen molar-refractivity contribution in [2.45, 2.75) is 52.1 Å². The Kier molecular flexibility index (Phi) is 5.87. The minimum Gasteiger partial charge on any atom is -0.293 e. The molecule has 1 heteroatoms. The summed E-state index contributed by atoms with van der Waals surface area (Å²) in [5.41, 5.74) is 5.72. The summed E-state index contributed by atoms with van der Waals surface area (Å²) in [5, 5.41) is 0. The van der Waals surface area contributed by atoms with Crippen LogP contribution in [0.5, 0.6) is 0 Å². The van der Waals surface area contributed by atoms with Gasteiger partial charge in [0, 0.05) is 12.6 Å². The molecule has 0 saturated carbocycles. The summed E-state index contributed by atoms with van der Waals surface area (Å²) < 4.78 is 0. The van der Waals surface area contributed by atoms with Crippen LogP contribution >= 0.6 is 0 Å². The molecule has 0 spiro atoms. The van der Waals surface area contributed by atoms with Gasteiger partial charge in [-0.2, -0.15) is 0 Å². The Balaban J connectivity index is 1.65. The van der Waals surface area contributed by atoms with Crippen molar-refractivity contribution in [2.75, 3.05) is 6.54 Å². The lowest BCUT2D eigenvalue weighted by molar-refractivity contribution is 0.171. The molecule has 2 aromatic carbocycles. The Morgan fingerprint density at radius 1 is 0.958 bits per heavy atom. The predicted octanol–water partition coefficient (Wildman–Crippen LogP) is 5.46. The van der Waals surface area contributed by atoms with Crippen LogP contribution in [0, 0.1) is 13.8 Å². The van der Waals surface area contributed by atoms with Crippen molar-refractivity contribution >= 4 is 0 Å². The predicted molar refractivity (Wildman–Crippen MR) is 103 cm³/mol. The quantitative estimate of drug-likeness (QED) is 0.662. The summed E-state index contributed by atoms with van der Waals surface area (Å²) >= 11 is 0. The average molecular weight is 319 g/mol. The van der Waals surface area contributed by atoms with E-state index in [9.17, 15) is 0 Å². The minimum atomic E-state index is 0.586. The van der Waals surface area contributed by atoms with E-state index in [4.69, 9.17) is 0 Å². The van der Waals surface area contributed by atoms with Gasteiger partial charge in [-0.3, -0.25) is 4.90 Å². The summed E-state index contributed by atoms with van der Waals surface area (Å²) in [4.78, 5) is 2.64. The second kappa shape index (κ2) is 8.30. The van der Waals surface area contributed by atoms with Gasteiger partial charge in [0.1, 0.15) is 0 Å². The third kappa shape index (κ3) is 4.36. The van der Waals surface area contributed by atoms with Crippen LogP contribution in [0.15, 0.2) is 60.7 Å². The number of benzene rings is 2. The summed E-state index contributed by atoms with van der Waals surface area (Å²) in [6, 6.07) is 18.1. The molecular weight excluding hydrogens is 290 g/mol. The molecule has 1 aliphatic rings. The van der Waals surface area contributed by atoms with Gasteiger partial charge in [-0.05, 0) is 61.9 Å². The van der Waals surface area contributed by atoms with E-state index in [-0.39, 0.29) is 0 Å². The lowest BCUT2D eigenvalue weighted by Gasteiger charge is -2.34. The van der Waals surface area contributed by atoms with E-state index in [0.29, 0.717) is 6.04 Å². The number of hydrogen-bond acceptors (Lipinski definition) is 1. The molecule has 0 bridgehead atoms. The number of allylic oxidation sites excluding steroid dienone is 1. The number of aryl methyl sites for hydroxylation is 2. The molecule has 1 saturated heterocycles. The molecule has 0 radical (unpaired) electrons. The van der Waals surface area contributed by atoms with Crippen LogP contribution in [0.3, 0.4) is 0 Å². The van der Waals surface area contributed by atoms with Crippen LogP contribution in [0.25, 0.3) is 0 Å². The Hall–Kier alpha value is -1.86. The van der Waals surface area contributed by atoms with E-state index in [1.54, 1.807) is 0 Å². The van der Waals surface area contributed by atoms with Crippen LogP contribution in [-0.2, 0) is 13.0 Å². The monoisotopic (exact) mass is 319 g/mol. The van der Waals surface area contributed by atoms with Crippen LogP contribution in [-0.4, -0.2) is 17.5 Å². The summed E-state index contributed by atoms with van der Waals surface area (Å²) in [7, 11) is 0. The van der Waals surface area contributed by atoms with Gasteiger partial charge >= 0.3 is 0 Å². The zero-order valence-corrected chi connectivity index (χ0v) is 15.0. The van der Waals surface area contributed by atoms with Gasteiger partial charge in [-0.1, -0.05) is 67.1 Å². The van der Waals surface area contributed by atoms with E-state index in [0.717, 1.165) is 13.0 Å². The van der Waals surface area contributed by atoms with E-state index in [2.05, 4.69) is 79.4 Å². The van der Waals surface area contributed by atoms with Crippen molar-refractivity contribution in [2.24, 2.45) is 0 Å². The molecule has 0 amide bonds. The van der Waals surface area contributed by atoms with Gasteiger partial charge in [0.2, 0.25) is 0 Å². The molecule has 24 heavy (non-hydrogen) atoms. The first kappa shape index (κ1) is 17.0. The lowest BCUT2D eigenvalue weighted by atomic mass is 9.97. The van der Waals surface area contributed by atoms with Crippen molar-refractivity contribution in [3.05, 3.63) is 82.9 Å². The van der Waals surface area contributed by atoms with E-state index in [1.807, 2.05) is 0 Å². The molecule has 126 valence electrons. The maximum Gasteiger partial charge on any atom is 0.0281 e. The second-order valence-electron chi connectivity index (χ2n) is 7.02. The third-order valence-corrected chi connectivity index (χ3v) is 5.22. The summed E-state index contributed by atoms with van der Waals surface area (Å²) in [5.74, 6) is 0. The van der Waals surface area contributed by atoms with Gasteiger partial charge in [-0.25, -0.2) is 0 Å². The first-order chi connectivity index (χ1) is 11.7. The highest BCUT2D eigenvalue weighted by molar-refractivity contribution is 5.35. The van der Waals surface area contributed by atoms with E-state index >= 15 is 0 Å². The highest BCUT2D eigenvalue weighted by atomic mass is 15.2. The summed E-state index contributed by atoms with van der Waals surface area (Å²) in [6.07, 6.45) is 9.86. The van der Waals surface area contributed by atoms with Crippen molar-refractivity contribution < 1.29 is 0 Å². The minimum absolute atomic E-state index is 0.586. The second-order valence-corrected chi connectivity index (χ2v) is 7.02. The first-order valence-corrected chi connectivity index (χ1v) is 9.24. The van der Waals surface area contributed by atoms with Crippen molar-refractivity contribution in [1.29, 1.82) is 0 Å². The highest BCUT2D eigenvalue weighted by Crippen LogP contribution is 2.21. The van der Waals surface area contributed by atoms with Gasteiger partial charge in [-0.15, -0.1) is 0 Å². The zero-order chi connectivity index (χ0) is 16.8. The van der Waals surface area contributed by atoms with Gasteiger partial charge < -0.3 is 0 Å². The largest absolute Gasteiger partial charge is 0.293 e. The number of piperidine rings is 1. The molecule has 0 N–H and O–H groups in total. The van der Waals surface area contributed by atoms with Crippen LogP contribution < -0.4 is 0 Å². The van der Waals surface area contributed by atoms with E-state index < -0.39 is 0 Å². The van der Waals surface area contributed by atoms with Gasteiger partial charge in [0.05, 0.1) is 0 Å². The lowest BCUT2D eigenvalue weighted by Crippen LogP contribution is -2.37. The molecule has 3 rings (SSSR count). The fraction of sp³-hybridized carbons (Fsp3) is 0.391. The topological polar surface area (TPSA) is 3.24 Å². The van der Waals surface area contributed by atoms with Gasteiger partial charge in [0.25, 0.3) is 0 Å². The Bertz CT molecular complexity index is 651. The number of rotatable bonds is 5. The third-order valence-electron chi connectivity index (χ3n) is 5.22. The fourth-order valence-electron chi connectivity index (χ4n) is 3.76. The average Bonchev–Trinajstić information content (AvgIpc) is 2.60. The SMILES string of the molecule is Cc1cccc(C)c1C/C=C/[C@@H]1CCCCN1Cc1ccccc1. The smallest absolute Gasteiger partial charge is 0.0281 e. The maximum atomic E-state index is 2.64. The Morgan fingerprint density at radius 3 is 2.46 bits per heavy atom. The number of likely N-dealkylation sites (tertiary alicyclic amines) is 1. The fourth-order valence-corrected chi connectivity index (χ4v) is 3.76. The van der Waals surface area contributed by atoms with Crippen LogP contribution in [0.4, 0.5) is 0 Å². The number of nitrogens with zero attached hydrogens (tertiary/aromatic N) is 1. The molecule has 0 aliphatic carbocycles. The molecule has 1 fully saturated rings. The molecular formula is C23H29N. The van der Waals surface area contributed by atoms with Crippen LogP contribution in [0.2, 0.25) is 0 Å². The molecule has 1 heterocycles. The number of hydrogen-bond donors (Lipinski definition) is 0. The molecule has 1 atom stereocenters. The Labute approximate surface area is 147 Å². The zero-order valence-electron chi connectivity index (χ0n) is 15.0. The maximum absolute atomic E-state index is 2.64. The highest BCUT2D eigenvalue weighted by Gasteiger charge is 2.19. The molecule has 1 nitrogen and oxygen atoms in total. The molecule has 1 aliphatic heterocycles. The standard InChI is InChI=1S/C23H29N/c1-19-10-8-11-20(2)23(19)16-9-15-22-14-6-7-17-24(22)18-21-12-4-3-5-13-21/h3-5,8-13,15,22H,6-7,14,16-18H2,1-2H3/b15-9+/t22-/m0/s1. The normalized spacial score (nSPS) is 19.0. The van der Waals surface area contributed by atoms with Crippen molar-refractivity contribution in [3.8, 4) is 0 Å². The molecule has 0 aromatic heterocycles. The van der Waals surface area contributed by atoms with Crippen LogP contribution in [0.1, 0.15) is 41.5 Å².